The molecule has 0 atom stereocenters. The van der Waals surface area contributed by atoms with Gasteiger partial charge < -0.3 is 0 Å². The molecule has 0 aliphatic heterocycles. The van der Waals surface area contributed by atoms with Crippen molar-refractivity contribution in [2.75, 3.05) is 0 Å². The van der Waals surface area contributed by atoms with E-state index in [9.17, 15) is 0 Å². The summed E-state index contributed by atoms with van der Waals surface area (Å²) in [5.41, 5.74) is 1.40. The molecule has 1 aliphatic carbocycles. The smallest absolute Gasteiger partial charge is 0 e. The van der Waals surface area contributed by atoms with Crippen LogP contribution >= 0.6 is 37.2 Å². The predicted octanol–water partition coefficient (Wildman–Crippen LogP) is 3.74. The van der Waals surface area contributed by atoms with E-state index in [2.05, 4.69) is 25.2 Å². The van der Waals surface area contributed by atoms with Gasteiger partial charge in [0.1, 0.15) is 0 Å². The van der Waals surface area contributed by atoms with Crippen molar-refractivity contribution in [1.82, 2.24) is 0 Å². The van der Waals surface area contributed by atoms with Crippen LogP contribution in [-0.4, -0.2) is 0 Å². The topological polar surface area (TPSA) is 0 Å². The third-order valence-electron chi connectivity index (χ3n) is 1.29. The van der Waals surface area contributed by atoms with E-state index in [0.29, 0.717) is 0 Å². The van der Waals surface area contributed by atoms with Crippen molar-refractivity contribution in [2.24, 2.45) is 0 Å². The van der Waals surface area contributed by atoms with E-state index in [0.717, 1.165) is 6.42 Å². The van der Waals surface area contributed by atoms with E-state index in [-0.39, 0.29) is 63.1 Å². The van der Waals surface area contributed by atoms with Gasteiger partial charge in [-0.05, 0) is 0 Å². The molecule has 0 aromatic carbocycles. The second-order valence-corrected chi connectivity index (χ2v) is 2.06. The summed E-state index contributed by atoms with van der Waals surface area (Å²) in [7, 11) is 0. The molecule has 0 saturated heterocycles. The van der Waals surface area contributed by atoms with Crippen molar-refractivity contribution in [2.45, 2.75) is 26.2 Å². The molecule has 1 rings (SSSR count). The standard InChI is InChI=1S/C8H11.3ClH.Hf/c1-2-5-8-6-3-4-7-8;;;;/h3,6H,2,4-5H2,1H3;3*1H;/q-1;;;;. The molecule has 0 amide bonds. The zero-order valence-corrected chi connectivity index (χ0v) is 13.0. The number of allylic oxidation sites excluding steroid dienone is 4. The first-order chi connectivity index (χ1) is 3.93. The maximum absolute atomic E-state index is 3.26. The van der Waals surface area contributed by atoms with E-state index in [1.165, 1.54) is 18.4 Å². The second kappa shape index (κ2) is 14.7. The summed E-state index contributed by atoms with van der Waals surface area (Å²) in [4.78, 5) is 0. The molecule has 0 saturated carbocycles. The zero-order chi connectivity index (χ0) is 5.82. The van der Waals surface area contributed by atoms with E-state index in [4.69, 9.17) is 0 Å². The number of hydrogen-bond acceptors (Lipinski definition) is 0. The van der Waals surface area contributed by atoms with Gasteiger partial charge >= 0.3 is 0 Å². The molecular formula is C8H14Cl3Hf-. The fourth-order valence-electron chi connectivity index (χ4n) is 0.891. The van der Waals surface area contributed by atoms with Crippen LogP contribution in [0, 0.1) is 6.08 Å². The minimum atomic E-state index is 0. The Bertz CT molecular complexity index is 132. The Labute approximate surface area is 112 Å². The van der Waals surface area contributed by atoms with Gasteiger partial charge in [0.25, 0.3) is 0 Å². The maximum Gasteiger partial charge on any atom is 0 e. The number of hydrogen-bond donors (Lipinski definition) is 0. The average molecular weight is 395 g/mol. The molecule has 0 nitrogen and oxygen atoms in total. The van der Waals surface area contributed by atoms with Crippen LogP contribution < -0.4 is 0 Å². The maximum atomic E-state index is 3.26. The van der Waals surface area contributed by atoms with Crippen molar-refractivity contribution in [3.05, 3.63) is 23.8 Å². The Hall–Kier alpha value is 1.22. The molecule has 0 radical (unpaired) electrons. The monoisotopic (exact) mass is 395 g/mol. The summed E-state index contributed by atoms with van der Waals surface area (Å²) in [6.45, 7) is 2.20. The molecule has 72 valence electrons. The summed E-state index contributed by atoms with van der Waals surface area (Å²) < 4.78 is 0. The van der Waals surface area contributed by atoms with Gasteiger partial charge in [-0.3, -0.25) is 6.08 Å². The van der Waals surface area contributed by atoms with Crippen molar-refractivity contribution in [1.29, 1.82) is 0 Å². The van der Waals surface area contributed by atoms with Crippen LogP contribution in [0.3, 0.4) is 0 Å². The molecule has 0 unspecified atom stereocenters. The average Bonchev–Trinajstić information content (AvgIpc) is 2.19. The zero-order valence-electron chi connectivity index (χ0n) is 7.00. The Kier molecular flexibility index (Phi) is 28.5. The van der Waals surface area contributed by atoms with Crippen LogP contribution in [0.1, 0.15) is 26.2 Å². The van der Waals surface area contributed by atoms with Crippen molar-refractivity contribution in [3.63, 3.8) is 0 Å². The van der Waals surface area contributed by atoms with Crippen LogP contribution in [0.4, 0.5) is 0 Å². The minimum absolute atomic E-state index is 0. The molecule has 0 aromatic heterocycles. The molecular weight excluding hydrogens is 381 g/mol. The Morgan fingerprint density at radius 3 is 2.25 bits per heavy atom. The first-order valence-electron chi connectivity index (χ1n) is 3.19. The minimum Gasteiger partial charge on any atom is -0.269 e. The van der Waals surface area contributed by atoms with Gasteiger partial charge in [0.05, 0.1) is 0 Å². The molecule has 0 fully saturated rings. The third kappa shape index (κ3) is 9.31. The first-order valence-corrected chi connectivity index (χ1v) is 3.19. The normalized spacial score (nSPS) is 11.2. The van der Waals surface area contributed by atoms with Crippen molar-refractivity contribution >= 4 is 37.2 Å². The SMILES string of the molecule is CCCC1=[C-]CC=C1.Cl.Cl.Cl.[Hf]. The summed E-state index contributed by atoms with van der Waals surface area (Å²) in [6, 6.07) is 0. The molecule has 0 heterocycles. The summed E-state index contributed by atoms with van der Waals surface area (Å²) in [5, 5.41) is 0. The van der Waals surface area contributed by atoms with E-state index in [1.807, 2.05) is 0 Å². The molecule has 0 aromatic rings. The Morgan fingerprint density at radius 2 is 1.92 bits per heavy atom. The Morgan fingerprint density at radius 1 is 1.33 bits per heavy atom. The summed E-state index contributed by atoms with van der Waals surface area (Å²) in [6.07, 6.45) is 11.1. The molecule has 4 heteroatoms. The molecule has 0 N–H and O–H groups in total. The van der Waals surface area contributed by atoms with E-state index < -0.39 is 0 Å². The van der Waals surface area contributed by atoms with Crippen LogP contribution in [0.15, 0.2) is 17.7 Å². The third-order valence-corrected chi connectivity index (χ3v) is 1.29. The van der Waals surface area contributed by atoms with Crippen molar-refractivity contribution < 1.29 is 25.8 Å². The van der Waals surface area contributed by atoms with Crippen LogP contribution in [0.25, 0.3) is 0 Å². The predicted molar refractivity (Wildman–Crippen MR) is 57.2 cm³/mol. The van der Waals surface area contributed by atoms with E-state index in [1.54, 1.807) is 0 Å². The van der Waals surface area contributed by atoms with Crippen LogP contribution in [0.2, 0.25) is 0 Å². The van der Waals surface area contributed by atoms with Crippen molar-refractivity contribution in [3.8, 4) is 0 Å². The number of halogens is 3. The van der Waals surface area contributed by atoms with Gasteiger partial charge in [-0.1, -0.05) is 19.8 Å². The van der Waals surface area contributed by atoms with E-state index >= 15 is 0 Å². The summed E-state index contributed by atoms with van der Waals surface area (Å²) >= 11 is 0. The quantitative estimate of drug-likeness (QED) is 0.494. The first kappa shape index (κ1) is 23.2. The summed E-state index contributed by atoms with van der Waals surface area (Å²) in [5.74, 6) is 0. The Balaban J connectivity index is -0.0000000800. The van der Waals surface area contributed by atoms with Gasteiger partial charge in [0, 0.05) is 25.8 Å². The van der Waals surface area contributed by atoms with Gasteiger partial charge in [-0.25, -0.2) is 11.6 Å². The van der Waals surface area contributed by atoms with Gasteiger partial charge in [0.15, 0.2) is 0 Å². The fraction of sp³-hybridized carbons (Fsp3) is 0.500. The molecule has 0 bridgehead atoms. The fourth-order valence-corrected chi connectivity index (χ4v) is 0.891. The van der Waals surface area contributed by atoms with Crippen LogP contribution in [-0.2, 0) is 25.8 Å². The van der Waals surface area contributed by atoms with Gasteiger partial charge in [-0.15, -0.1) is 43.6 Å². The molecule has 1 aliphatic rings. The second-order valence-electron chi connectivity index (χ2n) is 2.06. The number of rotatable bonds is 2. The van der Waals surface area contributed by atoms with Gasteiger partial charge in [-0.2, -0.15) is 6.08 Å². The largest absolute Gasteiger partial charge is 0.269 e. The molecule has 12 heavy (non-hydrogen) atoms. The van der Waals surface area contributed by atoms with Gasteiger partial charge in [0.2, 0.25) is 0 Å². The van der Waals surface area contributed by atoms with Crippen LogP contribution in [0.5, 0.6) is 0 Å². The molecule has 0 spiro atoms.